The molecule has 0 N–H and O–H groups in total. The first-order valence-corrected chi connectivity index (χ1v) is 8.93. The quantitative estimate of drug-likeness (QED) is 0.357. The van der Waals surface area contributed by atoms with E-state index in [9.17, 15) is 13.2 Å². The molecule has 4 nitrogen and oxygen atoms in total. The fourth-order valence-corrected chi connectivity index (χ4v) is 4.04. The zero-order chi connectivity index (χ0) is 16.4. The summed E-state index contributed by atoms with van der Waals surface area (Å²) in [7, 11) is -3.66. The molecule has 5 heteroatoms. The van der Waals surface area contributed by atoms with Gasteiger partial charge in [0.2, 0.25) is 0 Å². The van der Waals surface area contributed by atoms with Crippen LogP contribution < -0.4 is 0 Å². The summed E-state index contributed by atoms with van der Waals surface area (Å²) in [6, 6.07) is 8.15. The Balaban J connectivity index is 2.95. The third-order valence-electron chi connectivity index (χ3n) is 3.42. The Morgan fingerprint density at radius 2 is 1.91 bits per heavy atom. The number of carbonyl (C=O) groups excluding carboxylic acids is 1. The summed E-state index contributed by atoms with van der Waals surface area (Å²) in [5, 5.41) is -0.999. The van der Waals surface area contributed by atoms with Gasteiger partial charge in [-0.15, -0.1) is 6.58 Å². The molecule has 1 atom stereocenters. The maximum Gasteiger partial charge on any atom is 0.188 e. The third-order valence-corrected chi connectivity index (χ3v) is 5.60. The molecule has 0 aromatic heterocycles. The summed E-state index contributed by atoms with van der Waals surface area (Å²) in [6.45, 7) is 7.46. The summed E-state index contributed by atoms with van der Waals surface area (Å²) in [5.74, 6) is -0.227. The highest BCUT2D eigenvalue weighted by molar-refractivity contribution is 7.92. The van der Waals surface area contributed by atoms with E-state index in [2.05, 4.69) is 18.3 Å². The molecule has 0 aliphatic heterocycles. The fourth-order valence-electron chi connectivity index (χ4n) is 2.23. The average molecular weight is 321 g/mol. The molecular formula is C17H23NO3S. The van der Waals surface area contributed by atoms with Gasteiger partial charge in [0.05, 0.1) is 4.90 Å². The number of hydrogen-bond acceptors (Lipinski definition) is 4. The summed E-state index contributed by atoms with van der Waals surface area (Å²) in [6.07, 6.45) is 4.14. The van der Waals surface area contributed by atoms with Gasteiger partial charge < -0.3 is 4.99 Å². The largest absolute Gasteiger partial charge is 0.301 e. The Labute approximate surface area is 132 Å². The van der Waals surface area contributed by atoms with Crippen LogP contribution in [0, 0.1) is 0 Å². The van der Waals surface area contributed by atoms with Crippen molar-refractivity contribution in [3.63, 3.8) is 0 Å². The lowest BCUT2D eigenvalue weighted by molar-refractivity contribution is -0.118. The summed E-state index contributed by atoms with van der Waals surface area (Å²) in [5.41, 5.74) is 0. The first kappa shape index (κ1) is 18.3. The number of unbranched alkanes of at least 4 members (excludes halogenated alkanes) is 1. The van der Waals surface area contributed by atoms with E-state index in [1.165, 1.54) is 12.1 Å². The van der Waals surface area contributed by atoms with Gasteiger partial charge in [0.1, 0.15) is 5.25 Å². The maximum absolute atomic E-state index is 12.7. The fraction of sp³-hybridized carbons (Fsp3) is 0.412. The number of allylic oxidation sites excluding steroid dienone is 1. The normalized spacial score (nSPS) is 12.5. The highest BCUT2D eigenvalue weighted by Crippen LogP contribution is 2.22. The molecule has 0 spiro atoms. The highest BCUT2D eigenvalue weighted by atomic mass is 32.2. The minimum absolute atomic E-state index is 0.198. The Bertz CT molecular complexity index is 594. The second-order valence-corrected chi connectivity index (χ2v) is 7.21. The van der Waals surface area contributed by atoms with Crippen LogP contribution in [0.2, 0.25) is 0 Å². The number of sulfone groups is 1. The monoisotopic (exact) mass is 321 g/mol. The minimum atomic E-state index is -3.66. The van der Waals surface area contributed by atoms with Crippen LogP contribution in [-0.2, 0) is 14.6 Å². The van der Waals surface area contributed by atoms with E-state index in [-0.39, 0.29) is 23.5 Å². The van der Waals surface area contributed by atoms with Crippen molar-refractivity contribution in [3.8, 4) is 0 Å². The van der Waals surface area contributed by atoms with Crippen molar-refractivity contribution >= 4 is 22.3 Å². The molecule has 0 bridgehead atoms. The van der Waals surface area contributed by atoms with Gasteiger partial charge in [-0.25, -0.2) is 8.42 Å². The van der Waals surface area contributed by atoms with Gasteiger partial charge in [0.25, 0.3) is 0 Å². The van der Waals surface area contributed by atoms with Crippen LogP contribution in [-0.4, -0.2) is 32.7 Å². The zero-order valence-electron chi connectivity index (χ0n) is 12.8. The summed E-state index contributed by atoms with van der Waals surface area (Å²) >= 11 is 0. The van der Waals surface area contributed by atoms with Crippen molar-refractivity contribution < 1.29 is 13.2 Å². The topological polar surface area (TPSA) is 63.6 Å². The van der Waals surface area contributed by atoms with Crippen molar-refractivity contribution in [1.29, 1.82) is 0 Å². The van der Waals surface area contributed by atoms with Crippen LogP contribution in [0.1, 0.15) is 32.1 Å². The van der Waals surface area contributed by atoms with Crippen LogP contribution in [0.4, 0.5) is 0 Å². The van der Waals surface area contributed by atoms with Crippen LogP contribution >= 0.6 is 0 Å². The van der Waals surface area contributed by atoms with Gasteiger partial charge >= 0.3 is 0 Å². The number of ketones is 1. The third kappa shape index (κ3) is 5.22. The number of rotatable bonds is 11. The highest BCUT2D eigenvalue weighted by Gasteiger charge is 2.32. The van der Waals surface area contributed by atoms with Gasteiger partial charge in [0, 0.05) is 13.0 Å². The molecule has 0 saturated carbocycles. The van der Waals surface area contributed by atoms with E-state index < -0.39 is 15.1 Å². The molecule has 22 heavy (non-hydrogen) atoms. The summed E-state index contributed by atoms with van der Waals surface area (Å²) < 4.78 is 25.4. The van der Waals surface area contributed by atoms with Crippen LogP contribution in [0.15, 0.2) is 52.9 Å². The lowest BCUT2D eigenvalue weighted by Gasteiger charge is -2.16. The Morgan fingerprint density at radius 1 is 1.23 bits per heavy atom. The molecule has 1 aromatic carbocycles. The second-order valence-electron chi connectivity index (χ2n) is 5.08. The second kappa shape index (κ2) is 9.30. The Hall–Kier alpha value is -1.75. The van der Waals surface area contributed by atoms with Crippen molar-refractivity contribution in [2.75, 3.05) is 6.54 Å². The lowest BCUT2D eigenvalue weighted by atomic mass is 10.1. The first-order chi connectivity index (χ1) is 10.5. The molecule has 0 heterocycles. The smallest absolute Gasteiger partial charge is 0.188 e. The van der Waals surface area contributed by atoms with Crippen molar-refractivity contribution in [3.05, 3.63) is 43.0 Å². The van der Waals surface area contributed by atoms with E-state index in [0.29, 0.717) is 25.8 Å². The zero-order valence-corrected chi connectivity index (χ0v) is 13.6. The van der Waals surface area contributed by atoms with E-state index in [1.54, 1.807) is 24.3 Å². The Morgan fingerprint density at radius 3 is 2.50 bits per heavy atom. The van der Waals surface area contributed by atoms with Gasteiger partial charge in [-0.1, -0.05) is 24.3 Å². The molecule has 0 aliphatic carbocycles. The van der Waals surface area contributed by atoms with Crippen molar-refractivity contribution in [2.24, 2.45) is 4.99 Å². The molecule has 1 unspecified atom stereocenters. The van der Waals surface area contributed by atoms with Crippen LogP contribution in [0.25, 0.3) is 0 Å². The minimum Gasteiger partial charge on any atom is -0.301 e. The lowest BCUT2D eigenvalue weighted by Crippen LogP contribution is -2.30. The molecule has 1 aromatic rings. The predicted molar refractivity (Wildman–Crippen MR) is 90.1 cm³/mol. The van der Waals surface area contributed by atoms with E-state index >= 15 is 0 Å². The van der Waals surface area contributed by atoms with Gasteiger partial charge in [-0.05, 0) is 44.5 Å². The molecule has 0 saturated heterocycles. The summed E-state index contributed by atoms with van der Waals surface area (Å²) in [4.78, 5) is 16.3. The molecule has 120 valence electrons. The van der Waals surface area contributed by atoms with Crippen molar-refractivity contribution in [1.82, 2.24) is 0 Å². The number of carbonyl (C=O) groups is 1. The van der Waals surface area contributed by atoms with Crippen molar-refractivity contribution in [2.45, 2.75) is 42.2 Å². The van der Waals surface area contributed by atoms with Gasteiger partial charge in [-0.2, -0.15) is 0 Å². The number of benzene rings is 1. The van der Waals surface area contributed by atoms with E-state index in [4.69, 9.17) is 0 Å². The van der Waals surface area contributed by atoms with Crippen LogP contribution in [0.3, 0.4) is 0 Å². The SMILES string of the molecule is C=CCCCC(=O)C(CCCN=C)S(=O)(=O)c1ccccc1. The molecule has 0 fully saturated rings. The molecule has 0 amide bonds. The van der Waals surface area contributed by atoms with Gasteiger partial charge in [0.15, 0.2) is 15.6 Å². The van der Waals surface area contributed by atoms with Gasteiger partial charge in [-0.3, -0.25) is 4.79 Å². The average Bonchev–Trinajstić information content (AvgIpc) is 2.52. The van der Waals surface area contributed by atoms with Crippen LogP contribution in [0.5, 0.6) is 0 Å². The number of aliphatic imine (C=N–C) groups is 1. The molecule has 1 rings (SSSR count). The maximum atomic E-state index is 12.7. The molecule has 0 aliphatic rings. The number of hydrogen-bond donors (Lipinski definition) is 0. The molecule has 0 radical (unpaired) electrons. The number of nitrogens with zero attached hydrogens (tertiary/aromatic N) is 1. The molecular weight excluding hydrogens is 298 g/mol. The number of Topliss-reactive ketones (excluding diaryl/α,β-unsaturated/α-hetero) is 1. The standard InChI is InChI=1S/C17H23NO3S/c1-3-4-6-12-16(19)17(13-9-14-18-2)22(20,21)15-10-7-5-8-11-15/h3,5,7-8,10-11,17H,1-2,4,6,9,12-14H2. The van der Waals surface area contributed by atoms with E-state index in [0.717, 1.165) is 0 Å². The first-order valence-electron chi connectivity index (χ1n) is 7.39. The van der Waals surface area contributed by atoms with E-state index in [1.807, 2.05) is 0 Å². The predicted octanol–water partition coefficient (Wildman–Crippen LogP) is 3.24. The Kier molecular flexibility index (Phi) is 7.74.